The number of nitrogens with zero attached hydrogens (tertiary/aromatic N) is 1. The van der Waals surface area contributed by atoms with Gasteiger partial charge in [-0.3, -0.25) is 14.3 Å². The molecule has 0 amide bonds. The number of aromatic nitrogens is 2. The maximum Gasteiger partial charge on any atom is 0.331 e. The molecular weight excluding hydrogens is 376 g/mol. The van der Waals surface area contributed by atoms with Crippen LogP contribution in [0.25, 0.3) is 0 Å². The van der Waals surface area contributed by atoms with E-state index in [1.54, 1.807) is 0 Å². The molecule has 0 unspecified atom stereocenters. The van der Waals surface area contributed by atoms with E-state index in [0.29, 0.717) is 5.03 Å². The number of rotatable bonds is 6. The highest BCUT2D eigenvalue weighted by molar-refractivity contribution is 7.99. The van der Waals surface area contributed by atoms with E-state index in [2.05, 4.69) is 16.8 Å². The predicted molar refractivity (Wildman–Crippen MR) is 107 cm³/mol. The number of benzene rings is 2. The zero-order valence-electron chi connectivity index (χ0n) is 14.9. The number of ether oxygens (including phenoxy) is 1. The van der Waals surface area contributed by atoms with Crippen LogP contribution in [0.2, 0.25) is 0 Å². The van der Waals surface area contributed by atoms with Crippen molar-refractivity contribution in [1.82, 2.24) is 9.55 Å². The average Bonchev–Trinajstić information content (AvgIpc) is 2.71. The molecule has 0 atom stereocenters. The summed E-state index contributed by atoms with van der Waals surface area (Å²) in [7, 11) is 0. The number of nitrogens with one attached hydrogen (secondary N) is 1. The van der Waals surface area contributed by atoms with E-state index in [0.717, 1.165) is 10.5 Å². The fourth-order valence-electron chi connectivity index (χ4n) is 2.36. The van der Waals surface area contributed by atoms with Gasteiger partial charge in [0.2, 0.25) is 0 Å². The highest BCUT2D eigenvalue weighted by atomic mass is 32.2. The van der Waals surface area contributed by atoms with E-state index >= 15 is 0 Å². The number of aliphatic hydroxyl groups excluding tert-OH is 1. The minimum Gasteiger partial charge on any atom is -0.394 e. The van der Waals surface area contributed by atoms with Gasteiger partial charge in [-0.2, -0.15) is 0 Å². The standard InChI is InChI=1S/C21H18N2O4S/c24-13-14-27-15-23-20(28-17-9-5-2-6-10-17)18(19(25)22-21(23)26)12-11-16-7-3-1-4-8-16/h1-10,24H,13-15H2,(H,22,25,26). The molecule has 0 aliphatic heterocycles. The summed E-state index contributed by atoms with van der Waals surface area (Å²) < 4.78 is 6.62. The van der Waals surface area contributed by atoms with Gasteiger partial charge >= 0.3 is 5.69 Å². The molecule has 6 nitrogen and oxygen atoms in total. The highest BCUT2D eigenvalue weighted by Crippen LogP contribution is 2.28. The molecule has 2 aromatic carbocycles. The molecule has 1 heterocycles. The molecule has 0 saturated heterocycles. The van der Waals surface area contributed by atoms with Gasteiger partial charge in [0.15, 0.2) is 0 Å². The molecular formula is C21H18N2O4S. The van der Waals surface area contributed by atoms with Crippen LogP contribution in [-0.4, -0.2) is 27.9 Å². The number of hydrogen-bond acceptors (Lipinski definition) is 5. The molecule has 0 radical (unpaired) electrons. The Labute approximate surface area is 165 Å². The van der Waals surface area contributed by atoms with Crippen LogP contribution in [0, 0.1) is 11.8 Å². The van der Waals surface area contributed by atoms with Crippen LogP contribution in [0.3, 0.4) is 0 Å². The smallest absolute Gasteiger partial charge is 0.331 e. The topological polar surface area (TPSA) is 84.3 Å². The molecule has 3 rings (SSSR count). The van der Waals surface area contributed by atoms with E-state index in [1.807, 2.05) is 60.7 Å². The fraction of sp³-hybridized carbons (Fsp3) is 0.143. The van der Waals surface area contributed by atoms with Crippen LogP contribution < -0.4 is 11.2 Å². The van der Waals surface area contributed by atoms with Crippen molar-refractivity contribution in [2.45, 2.75) is 16.7 Å². The molecule has 142 valence electrons. The second-order valence-corrected chi connectivity index (χ2v) is 6.72. The van der Waals surface area contributed by atoms with Crippen molar-refractivity contribution in [3.05, 3.63) is 92.6 Å². The highest BCUT2D eigenvalue weighted by Gasteiger charge is 2.15. The average molecular weight is 394 g/mol. The van der Waals surface area contributed by atoms with Gasteiger partial charge in [-0.25, -0.2) is 4.79 Å². The molecule has 2 N–H and O–H groups in total. The van der Waals surface area contributed by atoms with Crippen molar-refractivity contribution in [3.8, 4) is 11.8 Å². The minimum absolute atomic E-state index is 0.0754. The van der Waals surface area contributed by atoms with Crippen molar-refractivity contribution >= 4 is 11.8 Å². The second kappa shape index (κ2) is 9.76. The van der Waals surface area contributed by atoms with Crippen LogP contribution in [0.5, 0.6) is 0 Å². The predicted octanol–water partition coefficient (Wildman–Crippen LogP) is 2.05. The SMILES string of the molecule is O=c1[nH]c(=O)n(COCCO)c(Sc2ccccc2)c1C#Cc1ccccc1. The van der Waals surface area contributed by atoms with Crippen molar-refractivity contribution < 1.29 is 9.84 Å². The van der Waals surface area contributed by atoms with Crippen LogP contribution in [-0.2, 0) is 11.5 Å². The van der Waals surface area contributed by atoms with Crippen molar-refractivity contribution in [1.29, 1.82) is 0 Å². The first-order chi connectivity index (χ1) is 13.7. The minimum atomic E-state index is -0.591. The van der Waals surface area contributed by atoms with E-state index in [-0.39, 0.29) is 25.5 Å². The lowest BCUT2D eigenvalue weighted by molar-refractivity contribution is 0.0412. The van der Waals surface area contributed by atoms with Gasteiger partial charge in [-0.1, -0.05) is 60.0 Å². The zero-order chi connectivity index (χ0) is 19.8. The van der Waals surface area contributed by atoms with E-state index in [9.17, 15) is 9.59 Å². The number of H-pyrrole nitrogens is 1. The lowest BCUT2D eigenvalue weighted by atomic mass is 10.2. The van der Waals surface area contributed by atoms with E-state index in [1.165, 1.54) is 16.3 Å². The first-order valence-electron chi connectivity index (χ1n) is 8.54. The molecule has 0 fully saturated rings. The Kier molecular flexibility index (Phi) is 6.87. The fourth-order valence-corrected chi connectivity index (χ4v) is 3.37. The molecule has 0 aliphatic rings. The van der Waals surface area contributed by atoms with Crippen molar-refractivity contribution in [2.24, 2.45) is 0 Å². The molecule has 28 heavy (non-hydrogen) atoms. The second-order valence-electron chi connectivity index (χ2n) is 5.66. The number of aliphatic hydroxyl groups is 1. The van der Waals surface area contributed by atoms with Gasteiger partial charge in [0.1, 0.15) is 17.3 Å². The van der Waals surface area contributed by atoms with Crippen LogP contribution in [0.15, 0.2) is 80.2 Å². The van der Waals surface area contributed by atoms with Gasteiger partial charge in [0, 0.05) is 10.5 Å². The van der Waals surface area contributed by atoms with Crippen LogP contribution in [0.1, 0.15) is 11.1 Å². The summed E-state index contributed by atoms with van der Waals surface area (Å²) in [5.74, 6) is 5.86. The molecule has 0 bridgehead atoms. The van der Waals surface area contributed by atoms with Gasteiger partial charge < -0.3 is 9.84 Å². The number of aromatic amines is 1. The summed E-state index contributed by atoms with van der Waals surface area (Å²) in [5, 5.41) is 9.32. The quantitative estimate of drug-likeness (QED) is 0.380. The van der Waals surface area contributed by atoms with Gasteiger partial charge in [-0.05, 0) is 24.3 Å². The molecule has 0 saturated carbocycles. The normalized spacial score (nSPS) is 10.3. The van der Waals surface area contributed by atoms with Gasteiger partial charge in [-0.15, -0.1) is 0 Å². The van der Waals surface area contributed by atoms with Gasteiger partial charge in [0.05, 0.1) is 13.2 Å². The van der Waals surface area contributed by atoms with Gasteiger partial charge in [0.25, 0.3) is 5.56 Å². The third-order valence-electron chi connectivity index (χ3n) is 3.67. The summed E-state index contributed by atoms with van der Waals surface area (Å²) in [6.45, 7) is -0.197. The summed E-state index contributed by atoms with van der Waals surface area (Å²) >= 11 is 1.26. The monoisotopic (exact) mass is 394 g/mol. The Hall–Kier alpha value is -3.05. The summed E-state index contributed by atoms with van der Waals surface area (Å²) in [4.78, 5) is 28.0. The lowest BCUT2D eigenvalue weighted by Gasteiger charge is -2.13. The maximum absolute atomic E-state index is 12.5. The summed E-state index contributed by atoms with van der Waals surface area (Å²) in [5.41, 5.74) is -0.200. The Morgan fingerprint density at radius 3 is 2.36 bits per heavy atom. The maximum atomic E-state index is 12.5. The molecule has 0 aliphatic carbocycles. The largest absolute Gasteiger partial charge is 0.394 e. The van der Waals surface area contributed by atoms with E-state index in [4.69, 9.17) is 9.84 Å². The lowest BCUT2D eigenvalue weighted by Crippen LogP contribution is -2.34. The summed E-state index contributed by atoms with van der Waals surface area (Å²) in [6, 6.07) is 18.7. The zero-order valence-corrected chi connectivity index (χ0v) is 15.7. The Balaban J connectivity index is 2.11. The van der Waals surface area contributed by atoms with E-state index < -0.39 is 11.2 Å². The number of hydrogen-bond donors (Lipinski definition) is 2. The third kappa shape index (κ3) is 5.02. The Bertz CT molecular complexity index is 1100. The van der Waals surface area contributed by atoms with Crippen molar-refractivity contribution in [3.63, 3.8) is 0 Å². The van der Waals surface area contributed by atoms with Crippen LogP contribution in [0.4, 0.5) is 0 Å². The first kappa shape index (κ1) is 19.7. The Morgan fingerprint density at radius 2 is 1.68 bits per heavy atom. The summed E-state index contributed by atoms with van der Waals surface area (Å²) in [6.07, 6.45) is 0. The Morgan fingerprint density at radius 1 is 1.00 bits per heavy atom. The third-order valence-corrected chi connectivity index (χ3v) is 4.80. The first-order valence-corrected chi connectivity index (χ1v) is 9.36. The molecule has 7 heteroatoms. The van der Waals surface area contributed by atoms with Crippen molar-refractivity contribution in [2.75, 3.05) is 13.2 Å². The molecule has 0 spiro atoms. The van der Waals surface area contributed by atoms with Crippen LogP contribution >= 0.6 is 11.8 Å². The molecule has 1 aromatic heterocycles. The molecule has 3 aromatic rings.